The summed E-state index contributed by atoms with van der Waals surface area (Å²) in [4.78, 5) is 31.2. The molecule has 27 aromatic rings. The van der Waals surface area contributed by atoms with E-state index in [0.29, 0.717) is 17.8 Å². The SMILES string of the molecule is c1ccc(-c2ccc(-c3nc(-n4c5ccccc5c5c6c(ccc54)oc4ccccc46)nc4ccccc34)cc2)cc1.c1ccc(-c2ccc(-c3nc(-n4c5ccccc5c5c6oc7ccccc7c6ccc54)nc4ccccc34)cc2)cc1.c1ccc(-c2ccc(-c3nc(-n4c5ccccc5c5cc6oc7ccccc7c6cc54)nc4ccccc34)cc2)cc1. The lowest BCUT2D eigenvalue weighted by Crippen LogP contribution is -2.03. The van der Waals surface area contributed by atoms with Crippen LogP contribution in [0.1, 0.15) is 0 Å². The lowest BCUT2D eigenvalue weighted by Gasteiger charge is -2.12. The van der Waals surface area contributed by atoms with Crippen LogP contribution in [-0.4, -0.2) is 43.6 Å². The molecule has 126 heavy (non-hydrogen) atoms. The molecule has 0 bridgehead atoms. The van der Waals surface area contributed by atoms with Crippen molar-refractivity contribution in [2.24, 2.45) is 0 Å². The van der Waals surface area contributed by atoms with Crippen LogP contribution in [-0.2, 0) is 0 Å². The van der Waals surface area contributed by atoms with Crippen molar-refractivity contribution in [1.29, 1.82) is 0 Å². The highest BCUT2D eigenvalue weighted by Gasteiger charge is 2.26. The predicted octanol–water partition coefficient (Wildman–Crippen LogP) is 29.9. The molecule has 9 heterocycles. The van der Waals surface area contributed by atoms with E-state index in [1.54, 1.807) is 0 Å². The second-order valence-electron chi connectivity index (χ2n) is 31.9. The number of aromatic nitrogens is 9. The van der Waals surface area contributed by atoms with Crippen LogP contribution >= 0.6 is 0 Å². The van der Waals surface area contributed by atoms with Crippen molar-refractivity contribution in [3.05, 3.63) is 419 Å². The van der Waals surface area contributed by atoms with Gasteiger partial charge in [-0.25, -0.2) is 29.9 Å². The van der Waals surface area contributed by atoms with Crippen molar-refractivity contribution in [3.63, 3.8) is 0 Å². The summed E-state index contributed by atoms with van der Waals surface area (Å²) in [5.74, 6) is 1.93. The molecule has 0 saturated carbocycles. The summed E-state index contributed by atoms with van der Waals surface area (Å²) >= 11 is 0. The summed E-state index contributed by atoms with van der Waals surface area (Å²) in [7, 11) is 0. The van der Waals surface area contributed by atoms with Gasteiger partial charge >= 0.3 is 0 Å². The molecule has 0 aliphatic rings. The van der Waals surface area contributed by atoms with Crippen LogP contribution < -0.4 is 0 Å². The summed E-state index contributed by atoms with van der Waals surface area (Å²) in [5.41, 5.74) is 27.3. The smallest absolute Gasteiger partial charge is 0.235 e. The van der Waals surface area contributed by atoms with Crippen LogP contribution in [0.15, 0.2) is 432 Å². The van der Waals surface area contributed by atoms with Crippen molar-refractivity contribution < 1.29 is 13.3 Å². The Morgan fingerprint density at radius 3 is 0.960 bits per heavy atom. The van der Waals surface area contributed by atoms with Crippen LogP contribution in [0.5, 0.6) is 0 Å². The van der Waals surface area contributed by atoms with Gasteiger partial charge in [0.2, 0.25) is 17.8 Å². The number of rotatable bonds is 9. The highest BCUT2D eigenvalue weighted by molar-refractivity contribution is 6.28. The highest BCUT2D eigenvalue weighted by atomic mass is 16.3. The van der Waals surface area contributed by atoms with Gasteiger partial charge < -0.3 is 13.3 Å². The van der Waals surface area contributed by atoms with E-state index in [2.05, 4.69) is 353 Å². The fourth-order valence-electron chi connectivity index (χ4n) is 18.8. The zero-order chi connectivity index (χ0) is 82.9. The predicted molar refractivity (Wildman–Crippen MR) is 516 cm³/mol. The molecular weight excluding hydrogens is 1540 g/mol. The fraction of sp³-hybridized carbons (Fsp3) is 0. The maximum Gasteiger partial charge on any atom is 0.235 e. The van der Waals surface area contributed by atoms with Gasteiger partial charge in [0.25, 0.3) is 0 Å². The third-order valence-electron chi connectivity index (χ3n) is 24.7. The average molecular weight is 1610 g/mol. The average Bonchev–Trinajstić information content (AvgIpc) is 1.62. The van der Waals surface area contributed by atoms with Crippen LogP contribution in [0.3, 0.4) is 0 Å². The van der Waals surface area contributed by atoms with E-state index in [1.165, 1.54) is 33.4 Å². The van der Waals surface area contributed by atoms with Gasteiger partial charge in [0.1, 0.15) is 33.5 Å². The molecule has 0 spiro atoms. The minimum Gasteiger partial charge on any atom is -0.456 e. The number of benzene rings is 18. The highest BCUT2D eigenvalue weighted by Crippen LogP contribution is 2.46. The molecule has 18 aromatic carbocycles. The largest absolute Gasteiger partial charge is 0.456 e. The molecular formula is C114H69N9O3. The van der Waals surface area contributed by atoms with Gasteiger partial charge in [-0.2, -0.15) is 0 Å². The molecule has 27 rings (SSSR count). The fourth-order valence-corrected chi connectivity index (χ4v) is 18.8. The van der Waals surface area contributed by atoms with Gasteiger partial charge in [-0.3, -0.25) is 13.7 Å². The van der Waals surface area contributed by atoms with Gasteiger partial charge in [-0.05, 0) is 124 Å². The van der Waals surface area contributed by atoms with Crippen LogP contribution in [0.25, 0.3) is 249 Å². The molecule has 0 amide bonds. The third kappa shape index (κ3) is 11.8. The van der Waals surface area contributed by atoms with Crippen LogP contribution in [0.4, 0.5) is 0 Å². The number of hydrogen-bond donors (Lipinski definition) is 0. The Kier molecular flexibility index (Phi) is 16.7. The molecule has 0 aliphatic carbocycles. The molecule has 0 fully saturated rings. The zero-order valence-electron chi connectivity index (χ0n) is 67.6. The minimum absolute atomic E-state index is 0.637. The van der Waals surface area contributed by atoms with E-state index in [1.807, 2.05) is 78.9 Å². The maximum absolute atomic E-state index is 6.48. The van der Waals surface area contributed by atoms with Gasteiger partial charge in [0, 0.05) is 92.1 Å². The van der Waals surface area contributed by atoms with Crippen molar-refractivity contribution in [2.45, 2.75) is 0 Å². The Balaban J connectivity index is 0.000000103. The minimum atomic E-state index is 0.637. The Labute approximate surface area is 719 Å². The van der Waals surface area contributed by atoms with Gasteiger partial charge in [-0.15, -0.1) is 0 Å². The van der Waals surface area contributed by atoms with E-state index in [-0.39, 0.29) is 0 Å². The molecule has 0 atom stereocenters. The number of fused-ring (bicyclic) bond motifs is 23. The number of furan rings is 3. The first-order valence-electron chi connectivity index (χ1n) is 42.3. The summed E-state index contributed by atoms with van der Waals surface area (Å²) in [5, 5.41) is 16.5. The Hall–Kier alpha value is -17.2. The number of nitrogens with zero attached hydrogens (tertiary/aromatic N) is 9. The molecule has 0 unspecified atom stereocenters. The normalized spacial score (nSPS) is 11.8. The summed E-state index contributed by atoms with van der Waals surface area (Å²) < 4.78 is 25.6. The second kappa shape index (κ2) is 29.3. The second-order valence-corrected chi connectivity index (χ2v) is 31.9. The zero-order valence-corrected chi connectivity index (χ0v) is 67.6. The van der Waals surface area contributed by atoms with E-state index in [0.717, 1.165) is 198 Å². The molecule has 0 N–H and O–H groups in total. The lowest BCUT2D eigenvalue weighted by atomic mass is 10.0. The van der Waals surface area contributed by atoms with E-state index in [9.17, 15) is 0 Å². The molecule has 12 nitrogen and oxygen atoms in total. The van der Waals surface area contributed by atoms with Crippen molar-refractivity contribution in [1.82, 2.24) is 43.6 Å². The van der Waals surface area contributed by atoms with E-state index < -0.39 is 0 Å². The number of para-hydroxylation sites is 9. The Bertz CT molecular complexity index is 8850. The van der Waals surface area contributed by atoms with Crippen LogP contribution in [0, 0.1) is 0 Å². The monoisotopic (exact) mass is 1610 g/mol. The van der Waals surface area contributed by atoms with Crippen LogP contribution in [0.2, 0.25) is 0 Å². The summed E-state index contributed by atoms with van der Waals surface area (Å²) in [6, 6.07) is 145. The summed E-state index contributed by atoms with van der Waals surface area (Å²) in [6.45, 7) is 0. The topological polar surface area (TPSA) is 132 Å². The first-order chi connectivity index (χ1) is 62.5. The quantitative estimate of drug-likeness (QED) is 0.139. The first kappa shape index (κ1) is 71.7. The van der Waals surface area contributed by atoms with Crippen molar-refractivity contribution in [3.8, 4) is 85.0 Å². The first-order valence-corrected chi connectivity index (χ1v) is 42.3. The molecule has 12 heteroatoms. The molecule has 0 radical (unpaired) electrons. The number of hydrogen-bond acceptors (Lipinski definition) is 9. The molecule has 588 valence electrons. The molecule has 0 aliphatic heterocycles. The Morgan fingerprint density at radius 1 is 0.159 bits per heavy atom. The Morgan fingerprint density at radius 2 is 0.484 bits per heavy atom. The van der Waals surface area contributed by atoms with Crippen molar-refractivity contribution in [2.75, 3.05) is 0 Å². The van der Waals surface area contributed by atoms with Gasteiger partial charge in [0.15, 0.2) is 0 Å². The van der Waals surface area contributed by atoms with E-state index >= 15 is 0 Å². The van der Waals surface area contributed by atoms with Gasteiger partial charge in [-0.1, -0.05) is 328 Å². The summed E-state index contributed by atoms with van der Waals surface area (Å²) in [6.07, 6.45) is 0. The molecule has 9 aromatic heterocycles. The third-order valence-corrected chi connectivity index (χ3v) is 24.7. The standard InChI is InChI=1S/3C38H23N3O/c1-2-10-24(11-3-1)25-18-20-26(21-19-25)36-29-13-4-7-15-31(29)39-38(40-36)41-32-16-8-5-14-30(32)35-33(41)23-22-28-27-12-6-9-17-34(27)42-37(28)35;1-2-10-24(11-3-1)25-18-20-26(21-19-25)37-29-14-4-7-15-32(29)39-38(40-37)41-33-16-8-5-12-27(33)30-23-36-31(22-34(30)41)28-13-6-9-17-35(28)42-36;1-2-10-24(11-3-1)25-18-20-26(21-19-25)37-27-12-4-7-15-30(27)39-38(40-37)41-31-16-8-5-13-28(31)35-32(41)22-23-34-36(35)29-14-6-9-17-33(29)42-34/h3*1-23H. The maximum atomic E-state index is 6.48. The lowest BCUT2D eigenvalue weighted by molar-refractivity contribution is 0.669. The molecule has 0 saturated heterocycles. The van der Waals surface area contributed by atoms with Crippen molar-refractivity contribution >= 4 is 164 Å². The van der Waals surface area contributed by atoms with Gasteiger partial charge in [0.05, 0.1) is 72.1 Å². The van der Waals surface area contributed by atoms with E-state index in [4.69, 9.17) is 43.2 Å².